The van der Waals surface area contributed by atoms with E-state index in [1.165, 1.54) is 4.74 Å². The van der Waals surface area contributed by atoms with Gasteiger partial charge in [0.15, 0.2) is 0 Å². The first-order valence-corrected chi connectivity index (χ1v) is 11.3. The highest BCUT2D eigenvalue weighted by atomic mass is 19.4. The summed E-state index contributed by atoms with van der Waals surface area (Å²) in [5.74, 6) is -92.3. The van der Waals surface area contributed by atoms with Crippen molar-refractivity contribution in [2.45, 2.75) is 108 Å². The number of alkyl halides is 34. The Morgan fingerprint density at radius 3 is 0.547 bits per heavy atom. The minimum absolute atomic E-state index is 1.32. The molecule has 0 aliphatic heterocycles. The van der Waals surface area contributed by atoms with Crippen molar-refractivity contribution in [3.05, 3.63) is 0 Å². The van der Waals surface area contributed by atoms with Gasteiger partial charge in [0, 0.05) is 0 Å². The molecule has 0 N–H and O–H groups in total. The van der Waals surface area contributed by atoms with Gasteiger partial charge in [0.05, 0.1) is 0 Å². The predicted octanol–water partition coefficient (Wildman–Crippen LogP) is 11.0. The van der Waals surface area contributed by atoms with E-state index in [-0.39, 0.29) is 0 Å². The molecule has 0 aromatic carbocycles. The van der Waals surface area contributed by atoms with Gasteiger partial charge in [-0.15, -0.1) is 0 Å². The molecule has 0 heterocycles. The summed E-state index contributed by atoms with van der Waals surface area (Å²) in [7, 11) is 0. The van der Waals surface area contributed by atoms with Crippen molar-refractivity contribution >= 4 is 0 Å². The third-order valence-electron chi connectivity index (χ3n) is 5.99. The Bertz CT molecular complexity index is 1160. The first-order valence-electron chi connectivity index (χ1n) is 11.3. The van der Waals surface area contributed by atoms with Crippen LogP contribution in [0.2, 0.25) is 0 Å². The maximum absolute atomic E-state index is 14.1. The van der Waals surface area contributed by atoms with E-state index in [9.17, 15) is 149 Å². The lowest BCUT2D eigenvalue weighted by Crippen LogP contribution is -2.75. The highest BCUT2D eigenvalue weighted by Crippen LogP contribution is 2.64. The van der Waals surface area contributed by atoms with Crippen LogP contribution in [0.4, 0.5) is 149 Å². The standard InChI is InChI=1S/C18H4F34O/c19-1(9(29,30)31)5(21,22)13(41,42)17(49,50)15(45,46)7(25,26)3(11(35,36)37)53-4(12(38,39)40)8(27,28)16(47,48)18(51,52)14(43,44)6(23,24)2(20)10(32,33)34/h1-4H. The van der Waals surface area contributed by atoms with Crippen LogP contribution < -0.4 is 0 Å². The summed E-state index contributed by atoms with van der Waals surface area (Å²) in [4.78, 5) is 0. The molecular formula is C18H4F34O. The number of hydrogen-bond acceptors (Lipinski definition) is 1. The number of hydrogen-bond donors (Lipinski definition) is 0. The van der Waals surface area contributed by atoms with E-state index in [1.807, 2.05) is 0 Å². The molecule has 4 unspecified atom stereocenters. The molecule has 0 amide bonds. The van der Waals surface area contributed by atoms with Crippen LogP contribution >= 0.6 is 0 Å². The van der Waals surface area contributed by atoms with Crippen LogP contribution in [0.3, 0.4) is 0 Å². The van der Waals surface area contributed by atoms with Crippen LogP contribution in [0, 0.1) is 0 Å². The summed E-state index contributed by atoms with van der Waals surface area (Å²) in [5.41, 5.74) is 0. The molecule has 1 nitrogen and oxygen atoms in total. The normalized spacial score (nSPS) is 18.9. The highest BCUT2D eigenvalue weighted by Gasteiger charge is 2.93. The lowest BCUT2D eigenvalue weighted by Gasteiger charge is -2.44. The second-order valence-corrected chi connectivity index (χ2v) is 9.73. The fraction of sp³-hybridized carbons (Fsp3) is 1.00. The number of ether oxygens (including phenoxy) is 1. The number of rotatable bonds is 14. The van der Waals surface area contributed by atoms with Crippen molar-refractivity contribution in [2.24, 2.45) is 0 Å². The van der Waals surface area contributed by atoms with E-state index in [1.54, 1.807) is 0 Å². The summed E-state index contributed by atoms with van der Waals surface area (Å²) in [6, 6.07) is 0. The van der Waals surface area contributed by atoms with E-state index >= 15 is 0 Å². The Morgan fingerprint density at radius 2 is 0.396 bits per heavy atom. The van der Waals surface area contributed by atoms with Crippen molar-refractivity contribution < 1.29 is 154 Å². The summed E-state index contributed by atoms with van der Waals surface area (Å²) in [5, 5.41) is 0. The molecule has 0 bridgehead atoms. The lowest BCUT2D eigenvalue weighted by molar-refractivity contribution is -0.459. The molecule has 0 fully saturated rings. The van der Waals surface area contributed by atoms with E-state index in [0.717, 1.165) is 0 Å². The quantitative estimate of drug-likeness (QED) is 0.158. The second-order valence-electron chi connectivity index (χ2n) is 9.73. The average Bonchev–Trinajstić information content (AvgIpc) is 2.88. The molecule has 0 aromatic rings. The van der Waals surface area contributed by atoms with Crippen molar-refractivity contribution in [1.82, 2.24) is 0 Å². The van der Waals surface area contributed by atoms with Gasteiger partial charge in [0.2, 0.25) is 12.2 Å². The van der Waals surface area contributed by atoms with Gasteiger partial charge >= 0.3 is 83.9 Å². The van der Waals surface area contributed by atoms with E-state index in [4.69, 9.17) is 0 Å². The molecule has 0 aromatic heterocycles. The largest absolute Gasteiger partial charge is 0.425 e. The molecule has 0 saturated carbocycles. The van der Waals surface area contributed by atoms with Crippen LogP contribution in [0.15, 0.2) is 0 Å². The van der Waals surface area contributed by atoms with Gasteiger partial charge in [-0.05, 0) is 0 Å². The fourth-order valence-corrected chi connectivity index (χ4v) is 3.16. The first-order chi connectivity index (χ1) is 22.3. The van der Waals surface area contributed by atoms with Gasteiger partial charge in [-0.3, -0.25) is 0 Å². The molecule has 320 valence electrons. The van der Waals surface area contributed by atoms with Crippen LogP contribution in [0.5, 0.6) is 0 Å². The second kappa shape index (κ2) is 13.1. The molecule has 53 heavy (non-hydrogen) atoms. The molecule has 35 heteroatoms. The van der Waals surface area contributed by atoms with Gasteiger partial charge in [0.1, 0.15) is 0 Å². The zero-order chi connectivity index (χ0) is 44.0. The van der Waals surface area contributed by atoms with Gasteiger partial charge in [-0.1, -0.05) is 0 Å². The Morgan fingerprint density at radius 1 is 0.226 bits per heavy atom. The Kier molecular flexibility index (Phi) is 12.5. The third-order valence-corrected chi connectivity index (χ3v) is 5.99. The smallest absolute Gasteiger partial charge is 0.344 e. The van der Waals surface area contributed by atoms with Crippen molar-refractivity contribution in [3.8, 4) is 0 Å². The molecule has 0 radical (unpaired) electrons. The first kappa shape index (κ1) is 50.6. The van der Waals surface area contributed by atoms with Crippen LogP contribution in [-0.2, 0) is 4.74 Å². The van der Waals surface area contributed by atoms with E-state index in [2.05, 4.69) is 0 Å². The van der Waals surface area contributed by atoms with E-state index in [0.29, 0.717) is 0 Å². The lowest BCUT2D eigenvalue weighted by atomic mass is 9.88. The molecule has 0 aliphatic carbocycles. The summed E-state index contributed by atoms with van der Waals surface area (Å²) in [6.45, 7) is 0. The molecular weight excluding hydrogens is 878 g/mol. The predicted molar refractivity (Wildman–Crippen MR) is 92.1 cm³/mol. The minimum atomic E-state index is -9.56. The monoisotopic (exact) mass is 882 g/mol. The fourth-order valence-electron chi connectivity index (χ4n) is 3.16. The van der Waals surface area contributed by atoms with Crippen molar-refractivity contribution in [3.63, 3.8) is 0 Å². The van der Waals surface area contributed by atoms with E-state index < -0.39 is 108 Å². The summed E-state index contributed by atoms with van der Waals surface area (Å²) >= 11 is 0. The maximum atomic E-state index is 14.1. The average molecular weight is 882 g/mol. The van der Waals surface area contributed by atoms with Crippen LogP contribution in [0.1, 0.15) is 0 Å². The van der Waals surface area contributed by atoms with Gasteiger partial charge in [-0.2, -0.15) is 140 Å². The Hall–Kier alpha value is -2.42. The molecule has 0 spiro atoms. The third kappa shape index (κ3) is 7.59. The SMILES string of the molecule is FC(C(F)(F)F)C(F)(F)C(F)(F)C(F)(F)C(F)(F)C(F)(F)C(OC(C(F)(F)F)C(F)(F)C(F)(F)C(F)(F)C(F)(F)C(F)(F)C(F)C(F)(F)F)C(F)(F)F. The van der Waals surface area contributed by atoms with Crippen LogP contribution in [-0.4, -0.2) is 108 Å². The van der Waals surface area contributed by atoms with Crippen molar-refractivity contribution in [2.75, 3.05) is 0 Å². The van der Waals surface area contributed by atoms with Gasteiger partial charge in [-0.25, -0.2) is 8.78 Å². The Balaban J connectivity index is 7.78. The highest BCUT2D eigenvalue weighted by molar-refractivity contribution is 5.16. The zero-order valence-electron chi connectivity index (χ0n) is 22.6. The molecule has 0 saturated heterocycles. The topological polar surface area (TPSA) is 9.23 Å². The van der Waals surface area contributed by atoms with Crippen molar-refractivity contribution in [1.29, 1.82) is 0 Å². The van der Waals surface area contributed by atoms with Gasteiger partial charge in [0.25, 0.3) is 12.3 Å². The minimum Gasteiger partial charge on any atom is -0.344 e. The molecule has 4 atom stereocenters. The molecule has 0 rings (SSSR count). The zero-order valence-corrected chi connectivity index (χ0v) is 22.6. The maximum Gasteiger partial charge on any atom is 0.425 e. The number of halogens is 34. The summed E-state index contributed by atoms with van der Waals surface area (Å²) < 4.78 is 452. The van der Waals surface area contributed by atoms with Crippen LogP contribution in [0.25, 0.3) is 0 Å². The van der Waals surface area contributed by atoms with Gasteiger partial charge < -0.3 is 4.74 Å². The Labute approximate surface area is 264 Å². The summed E-state index contributed by atoms with van der Waals surface area (Å²) in [6.07, 6.45) is -61.8. The molecule has 0 aliphatic rings.